The Kier molecular flexibility index (Phi) is 4.49. The van der Waals surface area contributed by atoms with Crippen molar-refractivity contribution in [3.63, 3.8) is 0 Å². The Balaban J connectivity index is 3.01. The Hall–Kier alpha value is -1.36. The van der Waals surface area contributed by atoms with E-state index >= 15 is 0 Å². The Bertz CT molecular complexity index is 347. The summed E-state index contributed by atoms with van der Waals surface area (Å²) in [5.41, 5.74) is 6.48. The van der Waals surface area contributed by atoms with Crippen molar-refractivity contribution < 1.29 is 9.53 Å². The zero-order chi connectivity index (χ0) is 12.1. The van der Waals surface area contributed by atoms with Crippen LogP contribution in [0, 0.1) is 5.92 Å². The number of aromatic nitrogens is 2. The van der Waals surface area contributed by atoms with Crippen LogP contribution < -0.4 is 5.73 Å². The number of esters is 1. The predicted molar refractivity (Wildman–Crippen MR) is 60.9 cm³/mol. The van der Waals surface area contributed by atoms with Crippen LogP contribution >= 0.6 is 0 Å². The zero-order valence-corrected chi connectivity index (χ0v) is 10.0. The fourth-order valence-electron chi connectivity index (χ4n) is 1.75. The van der Waals surface area contributed by atoms with Gasteiger partial charge in [-0.2, -0.15) is 0 Å². The van der Waals surface area contributed by atoms with Crippen molar-refractivity contribution >= 4 is 5.97 Å². The maximum Gasteiger partial charge on any atom is 0.329 e. The number of hydrogen-bond donors (Lipinski definition) is 1. The second-order valence-corrected chi connectivity index (χ2v) is 4.04. The third-order valence-corrected chi connectivity index (χ3v) is 2.52. The van der Waals surface area contributed by atoms with Crippen LogP contribution in [0.4, 0.5) is 0 Å². The quantitative estimate of drug-likeness (QED) is 0.751. The average Bonchev–Trinajstić information content (AvgIpc) is 2.66. The van der Waals surface area contributed by atoms with E-state index in [0.29, 0.717) is 13.0 Å². The summed E-state index contributed by atoms with van der Waals surface area (Å²) in [7, 11) is 1.40. The number of rotatable bonds is 5. The molecule has 0 spiro atoms. The number of carbonyl (C=O) groups excluding carboxylic acids is 1. The van der Waals surface area contributed by atoms with Gasteiger partial charge in [-0.25, -0.2) is 9.78 Å². The second kappa shape index (κ2) is 5.65. The molecule has 1 atom stereocenters. The summed E-state index contributed by atoms with van der Waals surface area (Å²) in [6.07, 6.45) is 4.11. The molecule has 1 aromatic heterocycles. The molecule has 90 valence electrons. The Labute approximate surface area is 95.6 Å². The maximum atomic E-state index is 11.7. The SMILES string of the molecule is COC(=O)C(C(C)C)n1cncc1CCN. The van der Waals surface area contributed by atoms with E-state index in [4.69, 9.17) is 10.5 Å². The largest absolute Gasteiger partial charge is 0.467 e. The van der Waals surface area contributed by atoms with E-state index in [1.807, 2.05) is 18.4 Å². The van der Waals surface area contributed by atoms with Crippen LogP contribution in [0.2, 0.25) is 0 Å². The zero-order valence-electron chi connectivity index (χ0n) is 10.0. The van der Waals surface area contributed by atoms with Gasteiger partial charge in [0.25, 0.3) is 0 Å². The van der Waals surface area contributed by atoms with Crippen LogP contribution in [-0.4, -0.2) is 29.2 Å². The molecule has 1 unspecified atom stereocenters. The molecule has 0 aromatic carbocycles. The van der Waals surface area contributed by atoms with Crippen molar-refractivity contribution in [2.24, 2.45) is 11.7 Å². The first-order valence-electron chi connectivity index (χ1n) is 5.40. The Morgan fingerprint density at radius 2 is 2.31 bits per heavy atom. The summed E-state index contributed by atoms with van der Waals surface area (Å²) in [6.45, 7) is 4.50. The van der Waals surface area contributed by atoms with Gasteiger partial charge in [0, 0.05) is 18.3 Å². The van der Waals surface area contributed by atoms with E-state index < -0.39 is 0 Å². The minimum Gasteiger partial charge on any atom is -0.467 e. The van der Waals surface area contributed by atoms with E-state index in [1.165, 1.54) is 7.11 Å². The topological polar surface area (TPSA) is 70.1 Å². The van der Waals surface area contributed by atoms with Crippen LogP contribution in [0.15, 0.2) is 12.5 Å². The molecular weight excluding hydrogens is 206 g/mol. The van der Waals surface area contributed by atoms with Gasteiger partial charge in [-0.15, -0.1) is 0 Å². The highest BCUT2D eigenvalue weighted by Gasteiger charge is 2.26. The van der Waals surface area contributed by atoms with E-state index in [0.717, 1.165) is 5.69 Å². The van der Waals surface area contributed by atoms with Crippen molar-refractivity contribution in [3.8, 4) is 0 Å². The highest BCUT2D eigenvalue weighted by Crippen LogP contribution is 2.21. The monoisotopic (exact) mass is 225 g/mol. The minimum atomic E-state index is -0.325. The summed E-state index contributed by atoms with van der Waals surface area (Å²) in [4.78, 5) is 15.8. The van der Waals surface area contributed by atoms with Crippen molar-refractivity contribution in [2.45, 2.75) is 26.3 Å². The van der Waals surface area contributed by atoms with Gasteiger partial charge in [0.1, 0.15) is 6.04 Å². The first kappa shape index (κ1) is 12.7. The average molecular weight is 225 g/mol. The van der Waals surface area contributed by atoms with Crippen molar-refractivity contribution in [1.82, 2.24) is 9.55 Å². The first-order chi connectivity index (χ1) is 7.61. The summed E-state index contributed by atoms with van der Waals surface area (Å²) < 4.78 is 6.66. The van der Waals surface area contributed by atoms with Crippen LogP contribution in [0.25, 0.3) is 0 Å². The molecule has 1 aromatic rings. The number of methoxy groups -OCH3 is 1. The molecule has 1 heterocycles. The second-order valence-electron chi connectivity index (χ2n) is 4.04. The molecule has 16 heavy (non-hydrogen) atoms. The van der Waals surface area contributed by atoms with Crippen LogP contribution in [0.3, 0.4) is 0 Å². The number of hydrogen-bond acceptors (Lipinski definition) is 4. The van der Waals surface area contributed by atoms with Crippen molar-refractivity contribution in [1.29, 1.82) is 0 Å². The van der Waals surface area contributed by atoms with Crippen LogP contribution in [0.5, 0.6) is 0 Å². The van der Waals surface area contributed by atoms with Gasteiger partial charge in [-0.1, -0.05) is 13.8 Å². The number of nitrogens with two attached hydrogens (primary N) is 1. The molecule has 2 N–H and O–H groups in total. The Morgan fingerprint density at radius 1 is 1.62 bits per heavy atom. The number of ether oxygens (including phenoxy) is 1. The Morgan fingerprint density at radius 3 is 2.81 bits per heavy atom. The third kappa shape index (κ3) is 2.61. The third-order valence-electron chi connectivity index (χ3n) is 2.52. The molecule has 0 bridgehead atoms. The summed E-state index contributed by atoms with van der Waals surface area (Å²) in [5, 5.41) is 0. The number of imidazole rings is 1. The first-order valence-corrected chi connectivity index (χ1v) is 5.40. The fourth-order valence-corrected chi connectivity index (χ4v) is 1.75. The standard InChI is InChI=1S/C11H19N3O2/c1-8(2)10(11(15)16-3)14-7-13-6-9(14)4-5-12/h6-8,10H,4-5,12H2,1-3H3. The highest BCUT2D eigenvalue weighted by atomic mass is 16.5. The lowest BCUT2D eigenvalue weighted by Crippen LogP contribution is -2.27. The van der Waals surface area contributed by atoms with Gasteiger partial charge in [0.15, 0.2) is 0 Å². The molecule has 0 radical (unpaired) electrons. The minimum absolute atomic E-state index is 0.151. The smallest absolute Gasteiger partial charge is 0.329 e. The summed E-state index contributed by atoms with van der Waals surface area (Å²) in [5.74, 6) is -0.0931. The molecule has 0 saturated heterocycles. The van der Waals surface area contributed by atoms with Crippen LogP contribution in [0.1, 0.15) is 25.6 Å². The van der Waals surface area contributed by atoms with E-state index in [2.05, 4.69) is 4.98 Å². The summed E-state index contributed by atoms with van der Waals surface area (Å²) in [6, 6.07) is -0.325. The molecule has 0 saturated carbocycles. The van der Waals surface area contributed by atoms with Crippen LogP contribution in [-0.2, 0) is 16.0 Å². The fraction of sp³-hybridized carbons (Fsp3) is 0.636. The summed E-state index contributed by atoms with van der Waals surface area (Å²) >= 11 is 0. The molecule has 0 aliphatic rings. The van der Waals surface area contributed by atoms with Gasteiger partial charge < -0.3 is 15.0 Å². The van der Waals surface area contributed by atoms with E-state index in [1.54, 1.807) is 12.5 Å². The lowest BCUT2D eigenvalue weighted by Gasteiger charge is -2.21. The maximum absolute atomic E-state index is 11.7. The van der Waals surface area contributed by atoms with Gasteiger partial charge in [-0.05, 0) is 12.5 Å². The number of nitrogens with zero attached hydrogens (tertiary/aromatic N) is 2. The molecule has 0 amide bonds. The molecule has 5 heteroatoms. The predicted octanol–water partition coefficient (Wildman–Crippen LogP) is 0.754. The van der Waals surface area contributed by atoms with Crippen molar-refractivity contribution in [3.05, 3.63) is 18.2 Å². The normalized spacial score (nSPS) is 12.8. The molecular formula is C11H19N3O2. The van der Waals surface area contributed by atoms with Gasteiger partial charge >= 0.3 is 5.97 Å². The van der Waals surface area contributed by atoms with Gasteiger partial charge in [0.2, 0.25) is 0 Å². The highest BCUT2D eigenvalue weighted by molar-refractivity contribution is 5.74. The molecule has 1 rings (SSSR count). The van der Waals surface area contributed by atoms with Gasteiger partial charge in [0.05, 0.1) is 13.4 Å². The molecule has 0 aliphatic carbocycles. The lowest BCUT2D eigenvalue weighted by molar-refractivity contribution is -0.146. The lowest BCUT2D eigenvalue weighted by atomic mass is 10.0. The molecule has 0 aliphatic heterocycles. The number of carbonyl (C=O) groups is 1. The van der Waals surface area contributed by atoms with E-state index in [-0.39, 0.29) is 17.9 Å². The van der Waals surface area contributed by atoms with Crippen molar-refractivity contribution in [2.75, 3.05) is 13.7 Å². The van der Waals surface area contributed by atoms with E-state index in [9.17, 15) is 4.79 Å². The molecule has 5 nitrogen and oxygen atoms in total. The molecule has 0 fully saturated rings. The van der Waals surface area contributed by atoms with Gasteiger partial charge in [-0.3, -0.25) is 0 Å².